The predicted molar refractivity (Wildman–Crippen MR) is 55.4 cm³/mol. The number of rotatable bonds is 6. The van der Waals surface area contributed by atoms with Gasteiger partial charge in [0.05, 0.1) is 6.04 Å². The van der Waals surface area contributed by atoms with Gasteiger partial charge in [0, 0.05) is 6.04 Å². The molecule has 1 unspecified atom stereocenters. The molecule has 0 bridgehead atoms. The third-order valence-electron chi connectivity index (χ3n) is 2.04. The van der Waals surface area contributed by atoms with Crippen LogP contribution in [-0.4, -0.2) is 18.0 Å². The van der Waals surface area contributed by atoms with Gasteiger partial charge in [0.2, 0.25) is 5.91 Å². The van der Waals surface area contributed by atoms with Gasteiger partial charge in [-0.05, 0) is 20.3 Å². The lowest BCUT2D eigenvalue weighted by Crippen LogP contribution is -2.42. The Kier molecular flexibility index (Phi) is 6.59. The number of unbranched alkanes of at least 4 members (excludes halogenated alkanes) is 2. The standard InChI is InChI=1S/C10H22N2O/c1-4-5-6-7-8(2)12-10(13)9(3)11/h8-9H,4-7,11H2,1-3H3,(H,12,13)/t8?,9-/m0/s1. The monoisotopic (exact) mass is 186 g/mol. The molecule has 0 aliphatic rings. The first-order valence-corrected chi connectivity index (χ1v) is 5.13. The minimum Gasteiger partial charge on any atom is -0.352 e. The molecule has 0 radical (unpaired) electrons. The van der Waals surface area contributed by atoms with Gasteiger partial charge in [-0.15, -0.1) is 0 Å². The SMILES string of the molecule is CCCCCC(C)NC(=O)[C@H](C)N. The van der Waals surface area contributed by atoms with Crippen molar-refractivity contribution in [2.75, 3.05) is 0 Å². The second-order valence-electron chi connectivity index (χ2n) is 3.69. The molecule has 2 atom stereocenters. The Morgan fingerprint density at radius 2 is 2.00 bits per heavy atom. The molecular weight excluding hydrogens is 164 g/mol. The summed E-state index contributed by atoms with van der Waals surface area (Å²) >= 11 is 0. The number of carbonyl (C=O) groups excluding carboxylic acids is 1. The van der Waals surface area contributed by atoms with Gasteiger partial charge in [0.25, 0.3) is 0 Å². The summed E-state index contributed by atoms with van der Waals surface area (Å²) in [4.78, 5) is 11.1. The Balaban J connectivity index is 3.50. The van der Waals surface area contributed by atoms with E-state index in [1.54, 1.807) is 6.92 Å². The summed E-state index contributed by atoms with van der Waals surface area (Å²) in [6.45, 7) is 5.90. The van der Waals surface area contributed by atoms with Gasteiger partial charge in [-0.1, -0.05) is 26.2 Å². The van der Waals surface area contributed by atoms with Crippen molar-refractivity contribution in [2.45, 2.75) is 58.5 Å². The first kappa shape index (κ1) is 12.4. The van der Waals surface area contributed by atoms with Crippen molar-refractivity contribution in [3.05, 3.63) is 0 Å². The Morgan fingerprint density at radius 3 is 2.46 bits per heavy atom. The molecule has 0 heterocycles. The van der Waals surface area contributed by atoms with Crippen LogP contribution in [0.5, 0.6) is 0 Å². The van der Waals surface area contributed by atoms with Crippen molar-refractivity contribution in [3.63, 3.8) is 0 Å². The summed E-state index contributed by atoms with van der Waals surface area (Å²) in [5.74, 6) is -0.0519. The molecule has 3 heteroatoms. The van der Waals surface area contributed by atoms with E-state index in [4.69, 9.17) is 5.73 Å². The molecule has 0 saturated heterocycles. The molecule has 1 amide bonds. The Hall–Kier alpha value is -0.570. The number of hydrogen-bond acceptors (Lipinski definition) is 2. The van der Waals surface area contributed by atoms with E-state index in [2.05, 4.69) is 12.2 Å². The summed E-state index contributed by atoms with van der Waals surface area (Å²) in [5, 5.41) is 2.87. The molecule has 0 rings (SSSR count). The normalized spacial score (nSPS) is 15.1. The average molecular weight is 186 g/mol. The second kappa shape index (κ2) is 6.89. The van der Waals surface area contributed by atoms with Crippen LogP contribution in [0.1, 0.15) is 46.5 Å². The van der Waals surface area contributed by atoms with Crippen LogP contribution in [0.15, 0.2) is 0 Å². The fraction of sp³-hybridized carbons (Fsp3) is 0.900. The van der Waals surface area contributed by atoms with Crippen molar-refractivity contribution < 1.29 is 4.79 Å². The van der Waals surface area contributed by atoms with Crippen molar-refractivity contribution in [1.29, 1.82) is 0 Å². The van der Waals surface area contributed by atoms with Gasteiger partial charge < -0.3 is 11.1 Å². The molecular formula is C10H22N2O. The number of hydrogen-bond donors (Lipinski definition) is 2. The maximum atomic E-state index is 11.1. The molecule has 0 aromatic carbocycles. The van der Waals surface area contributed by atoms with Crippen LogP contribution < -0.4 is 11.1 Å². The van der Waals surface area contributed by atoms with Gasteiger partial charge in [0.15, 0.2) is 0 Å². The molecule has 0 aromatic heterocycles. The fourth-order valence-electron chi connectivity index (χ4n) is 1.15. The lowest BCUT2D eigenvalue weighted by molar-refractivity contribution is -0.122. The van der Waals surface area contributed by atoms with Crippen molar-refractivity contribution in [1.82, 2.24) is 5.32 Å². The van der Waals surface area contributed by atoms with Crippen molar-refractivity contribution in [2.24, 2.45) is 5.73 Å². The molecule has 0 spiro atoms. The minimum absolute atomic E-state index is 0.0519. The topological polar surface area (TPSA) is 55.1 Å². The van der Waals surface area contributed by atoms with Crippen LogP contribution in [0, 0.1) is 0 Å². The van der Waals surface area contributed by atoms with Crippen LogP contribution in [-0.2, 0) is 4.79 Å². The number of nitrogens with two attached hydrogens (primary N) is 1. The molecule has 3 nitrogen and oxygen atoms in total. The zero-order valence-corrected chi connectivity index (χ0v) is 8.97. The maximum Gasteiger partial charge on any atom is 0.236 e. The first-order valence-electron chi connectivity index (χ1n) is 5.13. The predicted octanol–water partition coefficient (Wildman–Crippen LogP) is 1.42. The summed E-state index contributed by atoms with van der Waals surface area (Å²) in [5.41, 5.74) is 5.43. The largest absolute Gasteiger partial charge is 0.352 e. The van der Waals surface area contributed by atoms with E-state index in [-0.39, 0.29) is 11.9 Å². The lowest BCUT2D eigenvalue weighted by atomic mass is 10.1. The van der Waals surface area contributed by atoms with E-state index in [9.17, 15) is 4.79 Å². The molecule has 3 N–H and O–H groups in total. The number of amides is 1. The van der Waals surface area contributed by atoms with E-state index < -0.39 is 6.04 Å². The van der Waals surface area contributed by atoms with E-state index in [1.807, 2.05) is 6.92 Å². The van der Waals surface area contributed by atoms with Crippen LogP contribution in [0.3, 0.4) is 0 Å². The van der Waals surface area contributed by atoms with Crippen molar-refractivity contribution in [3.8, 4) is 0 Å². The highest BCUT2D eigenvalue weighted by atomic mass is 16.2. The molecule has 0 aliphatic carbocycles. The molecule has 0 saturated carbocycles. The minimum atomic E-state index is -0.395. The zero-order chi connectivity index (χ0) is 10.3. The fourth-order valence-corrected chi connectivity index (χ4v) is 1.15. The average Bonchev–Trinajstić information content (AvgIpc) is 2.04. The smallest absolute Gasteiger partial charge is 0.236 e. The van der Waals surface area contributed by atoms with E-state index >= 15 is 0 Å². The Labute approximate surface area is 81.1 Å². The molecule has 0 fully saturated rings. The lowest BCUT2D eigenvalue weighted by Gasteiger charge is -2.14. The summed E-state index contributed by atoms with van der Waals surface area (Å²) in [6, 6.07) is -0.140. The van der Waals surface area contributed by atoms with E-state index in [0.29, 0.717) is 0 Å². The quantitative estimate of drug-likeness (QED) is 0.616. The van der Waals surface area contributed by atoms with Gasteiger partial charge in [-0.25, -0.2) is 0 Å². The highest BCUT2D eigenvalue weighted by molar-refractivity contribution is 5.81. The third-order valence-corrected chi connectivity index (χ3v) is 2.04. The van der Waals surface area contributed by atoms with Crippen LogP contribution in [0.2, 0.25) is 0 Å². The van der Waals surface area contributed by atoms with Crippen molar-refractivity contribution >= 4 is 5.91 Å². The highest BCUT2D eigenvalue weighted by Crippen LogP contribution is 2.02. The number of carbonyl (C=O) groups is 1. The molecule has 0 aromatic rings. The van der Waals surface area contributed by atoms with Gasteiger partial charge in [-0.2, -0.15) is 0 Å². The molecule has 78 valence electrons. The summed E-state index contributed by atoms with van der Waals surface area (Å²) in [7, 11) is 0. The second-order valence-corrected chi connectivity index (χ2v) is 3.69. The molecule has 13 heavy (non-hydrogen) atoms. The van der Waals surface area contributed by atoms with Crippen LogP contribution in [0.4, 0.5) is 0 Å². The Morgan fingerprint density at radius 1 is 1.38 bits per heavy atom. The van der Waals surface area contributed by atoms with Gasteiger partial charge >= 0.3 is 0 Å². The zero-order valence-electron chi connectivity index (χ0n) is 8.97. The van der Waals surface area contributed by atoms with E-state index in [1.165, 1.54) is 19.3 Å². The summed E-state index contributed by atoms with van der Waals surface area (Å²) in [6.07, 6.45) is 4.68. The van der Waals surface area contributed by atoms with Gasteiger partial charge in [-0.3, -0.25) is 4.79 Å². The van der Waals surface area contributed by atoms with Gasteiger partial charge in [0.1, 0.15) is 0 Å². The summed E-state index contributed by atoms with van der Waals surface area (Å²) < 4.78 is 0. The first-order chi connectivity index (χ1) is 6.07. The Bertz CT molecular complexity index is 146. The van der Waals surface area contributed by atoms with E-state index in [0.717, 1.165) is 6.42 Å². The van der Waals surface area contributed by atoms with Crippen LogP contribution in [0.25, 0.3) is 0 Å². The maximum absolute atomic E-state index is 11.1. The highest BCUT2D eigenvalue weighted by Gasteiger charge is 2.09. The third kappa shape index (κ3) is 6.58. The number of nitrogens with one attached hydrogen (secondary N) is 1. The van der Waals surface area contributed by atoms with Crippen LogP contribution >= 0.6 is 0 Å². The molecule has 0 aliphatic heterocycles.